The monoisotopic (exact) mass is 723 g/mol. The van der Waals surface area contributed by atoms with E-state index in [4.69, 9.17) is 9.47 Å². The number of benzene rings is 2. The Hall–Kier alpha value is -4.14. The summed E-state index contributed by atoms with van der Waals surface area (Å²) in [7, 11) is 0. The first-order valence-corrected chi connectivity index (χ1v) is 20.3. The largest absolute Gasteiger partial charge is 0.494 e. The summed E-state index contributed by atoms with van der Waals surface area (Å²) in [6.07, 6.45) is 27.6. The number of carbonyl (C=O) groups is 2. The van der Waals surface area contributed by atoms with Crippen LogP contribution in [0.25, 0.3) is 10.1 Å². The Bertz CT molecular complexity index is 1670. The molecule has 1 amide bonds. The van der Waals surface area contributed by atoms with Crippen LogP contribution in [0.1, 0.15) is 83.1 Å². The van der Waals surface area contributed by atoms with E-state index in [1.807, 2.05) is 29.5 Å². The first-order valence-electron chi connectivity index (χ1n) is 19.4. The molecule has 2 aliphatic rings. The molecule has 1 fully saturated rings. The highest BCUT2D eigenvalue weighted by Crippen LogP contribution is 2.33. The van der Waals surface area contributed by atoms with E-state index in [1.165, 1.54) is 15.8 Å². The molecule has 1 aromatic heterocycles. The van der Waals surface area contributed by atoms with Crippen molar-refractivity contribution in [1.82, 2.24) is 4.90 Å². The number of anilines is 2. The van der Waals surface area contributed by atoms with Gasteiger partial charge in [-0.15, -0.1) is 11.3 Å². The molecule has 2 aromatic carbocycles. The van der Waals surface area contributed by atoms with Gasteiger partial charge in [-0.1, -0.05) is 67.7 Å². The zero-order chi connectivity index (χ0) is 36.2. The Morgan fingerprint density at radius 2 is 1.58 bits per heavy atom. The number of piperazine rings is 1. The minimum atomic E-state index is -0.265. The van der Waals surface area contributed by atoms with Gasteiger partial charge in [0.25, 0.3) is 0 Å². The minimum Gasteiger partial charge on any atom is -0.494 e. The summed E-state index contributed by atoms with van der Waals surface area (Å²) in [6.45, 7) is 8.05. The number of ether oxygens (including phenoxy) is 2. The van der Waals surface area contributed by atoms with Crippen LogP contribution in [0.2, 0.25) is 0 Å². The smallest absolute Gasteiger partial charge is 0.307 e. The van der Waals surface area contributed by atoms with E-state index >= 15 is 0 Å². The summed E-state index contributed by atoms with van der Waals surface area (Å²) < 4.78 is 13.1. The van der Waals surface area contributed by atoms with Crippen LogP contribution in [0, 0.1) is 0 Å². The van der Waals surface area contributed by atoms with Gasteiger partial charge >= 0.3 is 5.97 Å². The number of hydrogen-bond acceptors (Lipinski definition) is 7. The minimum absolute atomic E-state index is 0.0242. The molecule has 3 heterocycles. The molecule has 1 saturated heterocycles. The lowest BCUT2D eigenvalue weighted by Crippen LogP contribution is -2.46. The second-order valence-corrected chi connectivity index (χ2v) is 14.4. The fourth-order valence-electron chi connectivity index (χ4n) is 6.68. The van der Waals surface area contributed by atoms with Gasteiger partial charge in [0.15, 0.2) is 6.73 Å². The van der Waals surface area contributed by atoms with Crippen molar-refractivity contribution < 1.29 is 19.1 Å². The maximum Gasteiger partial charge on any atom is 0.307 e. The van der Waals surface area contributed by atoms with Crippen molar-refractivity contribution in [3.05, 3.63) is 102 Å². The molecule has 0 atom stereocenters. The number of esters is 1. The summed E-state index contributed by atoms with van der Waals surface area (Å²) >= 11 is 1.81. The van der Waals surface area contributed by atoms with Gasteiger partial charge < -0.3 is 14.4 Å². The van der Waals surface area contributed by atoms with E-state index in [0.29, 0.717) is 25.9 Å². The lowest BCUT2D eigenvalue weighted by molar-refractivity contribution is -0.144. The summed E-state index contributed by atoms with van der Waals surface area (Å²) in [5.74, 6) is 0.458. The number of hydrogen-bond donors (Lipinski definition) is 0. The fourth-order valence-corrected chi connectivity index (χ4v) is 7.49. The Balaban J connectivity index is 0.938. The molecule has 278 valence electrons. The van der Waals surface area contributed by atoms with Crippen LogP contribution in [-0.2, 0) is 20.7 Å². The van der Waals surface area contributed by atoms with Crippen LogP contribution in [0.3, 0.4) is 0 Å². The molecule has 0 bridgehead atoms. The molecule has 0 spiro atoms. The van der Waals surface area contributed by atoms with Gasteiger partial charge in [0, 0.05) is 60.9 Å². The highest BCUT2D eigenvalue weighted by atomic mass is 32.1. The van der Waals surface area contributed by atoms with Gasteiger partial charge in [-0.3, -0.25) is 19.4 Å². The van der Waals surface area contributed by atoms with E-state index in [9.17, 15) is 9.59 Å². The van der Waals surface area contributed by atoms with Crippen molar-refractivity contribution in [2.45, 2.75) is 84.0 Å². The number of allylic oxidation sites excluding steroid dienone is 8. The summed E-state index contributed by atoms with van der Waals surface area (Å²) in [5.41, 5.74) is 3.23. The van der Waals surface area contributed by atoms with Crippen LogP contribution < -0.4 is 14.5 Å². The maximum absolute atomic E-state index is 12.9. The molecule has 2 aliphatic heterocycles. The number of fused-ring (bicyclic) bond motifs is 2. The summed E-state index contributed by atoms with van der Waals surface area (Å²) in [6, 6.07) is 14.8. The predicted octanol–water partition coefficient (Wildman–Crippen LogP) is 10.0. The fraction of sp³-hybridized carbons (Fsp3) is 0.455. The van der Waals surface area contributed by atoms with E-state index in [0.717, 1.165) is 108 Å². The molecule has 0 saturated carbocycles. The molecule has 3 aromatic rings. The van der Waals surface area contributed by atoms with Gasteiger partial charge in [-0.05, 0) is 106 Å². The third-order valence-electron chi connectivity index (χ3n) is 9.66. The molecule has 52 heavy (non-hydrogen) atoms. The summed E-state index contributed by atoms with van der Waals surface area (Å²) in [4.78, 5) is 32.0. The van der Waals surface area contributed by atoms with E-state index in [1.54, 1.807) is 4.90 Å². The van der Waals surface area contributed by atoms with Gasteiger partial charge in [-0.2, -0.15) is 0 Å². The third kappa shape index (κ3) is 12.5. The second-order valence-electron chi connectivity index (χ2n) is 13.5. The molecule has 0 unspecified atom stereocenters. The zero-order valence-electron chi connectivity index (χ0n) is 31.1. The van der Waals surface area contributed by atoms with Crippen molar-refractivity contribution in [3.63, 3.8) is 0 Å². The molecule has 5 rings (SSSR count). The zero-order valence-corrected chi connectivity index (χ0v) is 31.9. The molecule has 7 nitrogen and oxygen atoms in total. The lowest BCUT2D eigenvalue weighted by atomic mass is 10.0. The molecule has 0 aliphatic carbocycles. The number of thiophene rings is 1. The van der Waals surface area contributed by atoms with Crippen LogP contribution in [0.5, 0.6) is 5.75 Å². The molecular formula is C44H57N3O4S. The predicted molar refractivity (Wildman–Crippen MR) is 218 cm³/mol. The highest BCUT2D eigenvalue weighted by Gasteiger charge is 2.26. The Kier molecular flexibility index (Phi) is 16.6. The van der Waals surface area contributed by atoms with Crippen LogP contribution in [-0.4, -0.2) is 62.8 Å². The number of aryl methyl sites for hydroxylation is 1. The molecular weight excluding hydrogens is 667 g/mol. The third-order valence-corrected chi connectivity index (χ3v) is 10.5. The van der Waals surface area contributed by atoms with Gasteiger partial charge in [0.05, 0.1) is 12.3 Å². The first kappa shape index (κ1) is 39.1. The van der Waals surface area contributed by atoms with E-state index in [-0.39, 0.29) is 18.6 Å². The Labute approximate surface area is 315 Å². The Morgan fingerprint density at radius 3 is 2.37 bits per heavy atom. The average molecular weight is 724 g/mol. The van der Waals surface area contributed by atoms with Crippen LogP contribution >= 0.6 is 11.3 Å². The highest BCUT2D eigenvalue weighted by molar-refractivity contribution is 7.17. The number of amides is 1. The SMILES string of the molecule is CCC=CCC=CCC=CCC=CCCCCC(=O)OCN1C(=O)CCc2ccc(OCCCCN3CCN(c4cccc5sccc45)CC3)cc21. The quantitative estimate of drug-likeness (QED) is 0.0620. The van der Waals surface area contributed by atoms with Gasteiger partial charge in [0.1, 0.15) is 5.75 Å². The Morgan fingerprint density at radius 1 is 0.808 bits per heavy atom. The molecule has 0 radical (unpaired) electrons. The summed E-state index contributed by atoms with van der Waals surface area (Å²) in [5, 5.41) is 3.55. The number of carbonyl (C=O) groups excluding carboxylic acids is 2. The van der Waals surface area contributed by atoms with E-state index < -0.39 is 0 Å². The first-order chi connectivity index (χ1) is 25.6. The van der Waals surface area contributed by atoms with Gasteiger partial charge in [0.2, 0.25) is 5.91 Å². The van der Waals surface area contributed by atoms with Crippen molar-refractivity contribution in [2.24, 2.45) is 0 Å². The van der Waals surface area contributed by atoms with E-state index in [2.05, 4.69) is 95.0 Å². The van der Waals surface area contributed by atoms with Crippen molar-refractivity contribution >= 4 is 44.7 Å². The number of nitrogens with zero attached hydrogens (tertiary/aromatic N) is 3. The second kappa shape index (κ2) is 22.0. The van der Waals surface area contributed by atoms with Gasteiger partial charge in [-0.25, -0.2) is 0 Å². The average Bonchev–Trinajstić information content (AvgIpc) is 3.66. The van der Waals surface area contributed by atoms with Crippen LogP contribution in [0.4, 0.5) is 11.4 Å². The maximum atomic E-state index is 12.9. The lowest BCUT2D eigenvalue weighted by Gasteiger charge is -2.36. The molecule has 8 heteroatoms. The number of rotatable bonds is 21. The number of unbranched alkanes of at least 4 members (excludes halogenated alkanes) is 3. The van der Waals surface area contributed by atoms with Crippen molar-refractivity contribution in [3.8, 4) is 5.75 Å². The van der Waals surface area contributed by atoms with Crippen molar-refractivity contribution in [2.75, 3.05) is 55.9 Å². The normalized spacial score (nSPS) is 15.6. The standard InChI is InChI=1S/C44H57N3O4S/c1-2-3-4-5-6-7-8-9-10-11-12-13-14-15-16-22-44(49)51-36-47-41-35-38(25-23-37(41)24-26-43(47)48)50-33-18-17-28-45-29-31-46(32-30-45)40-20-19-21-42-39(40)27-34-52-42/h3-4,6-7,9-10,12-13,19-21,23,25,27,34-35H,2,5,8,11,14-18,22,24,26,28-33,36H2,1H3. The van der Waals surface area contributed by atoms with Crippen LogP contribution in [0.15, 0.2) is 96.5 Å². The molecule has 0 N–H and O–H groups in total. The topological polar surface area (TPSA) is 62.3 Å². The van der Waals surface area contributed by atoms with Crippen molar-refractivity contribution in [1.29, 1.82) is 0 Å².